The number of hydrogen-bond acceptors (Lipinski definition) is 5. The first-order chi connectivity index (χ1) is 11.2. The number of carbonyl (C=O) groups is 1. The second-order valence-electron chi connectivity index (χ2n) is 5.50. The molecule has 0 spiro atoms. The number of nitrogens with one attached hydrogen (secondary N) is 1. The van der Waals surface area contributed by atoms with Crippen molar-refractivity contribution in [2.75, 3.05) is 5.32 Å². The average molecular weight is 325 g/mol. The number of aromatic nitrogens is 4. The first-order valence-electron chi connectivity index (χ1n) is 7.43. The molecule has 1 atom stereocenters. The molecule has 23 heavy (non-hydrogen) atoms. The molecule has 2 aromatic heterocycles. The number of carbonyl (C=O) groups excluding carboxylic acids is 1. The molecular weight excluding hydrogens is 310 g/mol. The van der Waals surface area contributed by atoms with E-state index in [4.69, 9.17) is 0 Å². The third-order valence-electron chi connectivity index (χ3n) is 3.85. The average Bonchev–Trinajstić information content (AvgIpc) is 2.94. The van der Waals surface area contributed by atoms with Gasteiger partial charge in [-0.25, -0.2) is 4.98 Å². The van der Waals surface area contributed by atoms with E-state index in [-0.39, 0.29) is 11.2 Å². The van der Waals surface area contributed by atoms with E-state index in [0.29, 0.717) is 5.78 Å². The molecule has 6 nitrogen and oxygen atoms in total. The van der Waals surface area contributed by atoms with Crippen molar-refractivity contribution in [3.05, 3.63) is 47.9 Å². The highest BCUT2D eigenvalue weighted by Gasteiger charge is 2.25. The molecule has 0 radical (unpaired) electrons. The standard InChI is InChI=1S/C16H15N5OS/c1-10-8-14(21-16(19-10)17-9-18-21)23-13-7-6-11-4-2-3-5-12(11)20-15(13)22/h2-5,8-9,13H,6-7H2,1H3,(H,20,22)/t13-/m0/s1. The summed E-state index contributed by atoms with van der Waals surface area (Å²) in [6, 6.07) is 9.90. The van der Waals surface area contributed by atoms with Crippen molar-refractivity contribution >= 4 is 29.1 Å². The summed E-state index contributed by atoms with van der Waals surface area (Å²) in [4.78, 5) is 21.0. The number of benzene rings is 1. The number of fused-ring (bicyclic) bond motifs is 2. The maximum atomic E-state index is 12.5. The van der Waals surface area contributed by atoms with E-state index in [2.05, 4.69) is 26.4 Å². The molecule has 1 amide bonds. The van der Waals surface area contributed by atoms with E-state index in [0.717, 1.165) is 29.2 Å². The molecule has 3 aromatic rings. The number of thioether (sulfide) groups is 1. The fraction of sp³-hybridized carbons (Fsp3) is 0.250. The highest BCUT2D eigenvalue weighted by Crippen LogP contribution is 2.31. The normalized spacial score (nSPS) is 17.6. The van der Waals surface area contributed by atoms with Gasteiger partial charge in [0.2, 0.25) is 5.91 Å². The van der Waals surface area contributed by atoms with Gasteiger partial charge in [0, 0.05) is 11.4 Å². The largest absolute Gasteiger partial charge is 0.325 e. The van der Waals surface area contributed by atoms with Crippen LogP contribution in [-0.2, 0) is 11.2 Å². The van der Waals surface area contributed by atoms with Crippen molar-refractivity contribution in [3.63, 3.8) is 0 Å². The van der Waals surface area contributed by atoms with Gasteiger partial charge in [-0.3, -0.25) is 4.79 Å². The SMILES string of the molecule is Cc1cc(S[C@H]2CCc3ccccc3NC2=O)n2ncnc2n1. The summed E-state index contributed by atoms with van der Waals surface area (Å²) in [5, 5.41) is 7.95. The van der Waals surface area contributed by atoms with E-state index in [1.54, 1.807) is 4.52 Å². The van der Waals surface area contributed by atoms with Gasteiger partial charge in [0.15, 0.2) is 0 Å². The second kappa shape index (κ2) is 5.66. The van der Waals surface area contributed by atoms with E-state index >= 15 is 0 Å². The minimum atomic E-state index is -0.170. The van der Waals surface area contributed by atoms with Crippen LogP contribution in [0.2, 0.25) is 0 Å². The van der Waals surface area contributed by atoms with Crippen LogP contribution in [0.1, 0.15) is 17.7 Å². The van der Waals surface area contributed by atoms with Crippen LogP contribution in [0.25, 0.3) is 5.78 Å². The maximum Gasteiger partial charge on any atom is 0.253 e. The van der Waals surface area contributed by atoms with Crippen molar-refractivity contribution in [2.24, 2.45) is 0 Å². The minimum absolute atomic E-state index is 0.0303. The topological polar surface area (TPSA) is 72.2 Å². The van der Waals surface area contributed by atoms with Crippen LogP contribution in [-0.4, -0.2) is 30.7 Å². The first-order valence-corrected chi connectivity index (χ1v) is 8.31. The van der Waals surface area contributed by atoms with E-state index in [1.807, 2.05) is 31.2 Å². The Labute approximate surface area is 137 Å². The van der Waals surface area contributed by atoms with Gasteiger partial charge in [0.25, 0.3) is 5.78 Å². The predicted molar refractivity (Wildman–Crippen MR) is 88.6 cm³/mol. The summed E-state index contributed by atoms with van der Waals surface area (Å²) in [7, 11) is 0. The molecule has 1 N–H and O–H groups in total. The Kier molecular flexibility index (Phi) is 3.49. The van der Waals surface area contributed by atoms with Crippen LogP contribution in [0.4, 0.5) is 5.69 Å². The molecule has 1 aliphatic rings. The lowest BCUT2D eigenvalue weighted by Gasteiger charge is -2.13. The van der Waals surface area contributed by atoms with Gasteiger partial charge >= 0.3 is 0 Å². The number of para-hydroxylation sites is 1. The molecule has 116 valence electrons. The molecule has 0 saturated carbocycles. The molecule has 0 saturated heterocycles. The molecule has 4 rings (SSSR count). The van der Waals surface area contributed by atoms with Gasteiger partial charge in [-0.05, 0) is 37.5 Å². The van der Waals surface area contributed by atoms with Gasteiger partial charge in [0.1, 0.15) is 11.4 Å². The molecular formula is C16H15N5OS. The highest BCUT2D eigenvalue weighted by atomic mass is 32.2. The predicted octanol–water partition coefficient (Wildman–Crippen LogP) is 2.48. The fourth-order valence-corrected chi connectivity index (χ4v) is 3.89. The molecule has 1 aromatic carbocycles. The van der Waals surface area contributed by atoms with Gasteiger partial charge < -0.3 is 5.32 Å². The van der Waals surface area contributed by atoms with Crippen molar-refractivity contribution in [2.45, 2.75) is 30.0 Å². The minimum Gasteiger partial charge on any atom is -0.325 e. The second-order valence-corrected chi connectivity index (χ2v) is 6.72. The third kappa shape index (κ3) is 2.68. The summed E-state index contributed by atoms with van der Waals surface area (Å²) >= 11 is 1.51. The van der Waals surface area contributed by atoms with E-state index in [9.17, 15) is 4.79 Å². The Bertz CT molecular complexity index is 891. The van der Waals surface area contributed by atoms with Crippen molar-refractivity contribution < 1.29 is 4.79 Å². The van der Waals surface area contributed by atoms with Gasteiger partial charge in [0.05, 0.1) is 5.25 Å². The van der Waals surface area contributed by atoms with Crippen molar-refractivity contribution in [1.82, 2.24) is 19.6 Å². The number of aryl methyl sites for hydroxylation is 2. The van der Waals surface area contributed by atoms with E-state index < -0.39 is 0 Å². The molecule has 7 heteroatoms. The summed E-state index contributed by atoms with van der Waals surface area (Å²) in [6.45, 7) is 1.92. The molecule has 0 bridgehead atoms. The van der Waals surface area contributed by atoms with Crippen LogP contribution >= 0.6 is 11.8 Å². The Morgan fingerprint density at radius 3 is 3.13 bits per heavy atom. The number of anilines is 1. The number of rotatable bonds is 2. The summed E-state index contributed by atoms with van der Waals surface area (Å²) in [5.74, 6) is 0.590. The van der Waals surface area contributed by atoms with Crippen LogP contribution in [0, 0.1) is 6.92 Å². The van der Waals surface area contributed by atoms with Crippen molar-refractivity contribution in [1.29, 1.82) is 0 Å². The molecule has 0 unspecified atom stereocenters. The Balaban J connectivity index is 1.64. The maximum absolute atomic E-state index is 12.5. The summed E-state index contributed by atoms with van der Waals surface area (Å²) in [5.41, 5.74) is 2.96. The van der Waals surface area contributed by atoms with Crippen LogP contribution in [0.5, 0.6) is 0 Å². The molecule has 1 aliphatic heterocycles. The Morgan fingerprint density at radius 1 is 1.35 bits per heavy atom. The Morgan fingerprint density at radius 2 is 2.22 bits per heavy atom. The zero-order valence-corrected chi connectivity index (χ0v) is 13.4. The summed E-state index contributed by atoms with van der Waals surface area (Å²) in [6.07, 6.45) is 3.14. The van der Waals surface area contributed by atoms with Crippen LogP contribution in [0.3, 0.4) is 0 Å². The number of hydrogen-bond donors (Lipinski definition) is 1. The molecule has 0 aliphatic carbocycles. The third-order valence-corrected chi connectivity index (χ3v) is 5.12. The molecule has 0 fully saturated rings. The molecule has 3 heterocycles. The lowest BCUT2D eigenvalue weighted by atomic mass is 10.1. The fourth-order valence-electron chi connectivity index (χ4n) is 2.73. The number of amides is 1. The zero-order chi connectivity index (χ0) is 15.8. The summed E-state index contributed by atoms with van der Waals surface area (Å²) < 4.78 is 1.68. The Hall–Kier alpha value is -2.41. The number of nitrogens with zero attached hydrogens (tertiary/aromatic N) is 4. The zero-order valence-electron chi connectivity index (χ0n) is 12.6. The monoisotopic (exact) mass is 325 g/mol. The highest BCUT2D eigenvalue weighted by molar-refractivity contribution is 8.00. The van der Waals surface area contributed by atoms with Crippen LogP contribution in [0.15, 0.2) is 41.7 Å². The first kappa shape index (κ1) is 14.2. The smallest absolute Gasteiger partial charge is 0.253 e. The van der Waals surface area contributed by atoms with Gasteiger partial charge in [-0.15, -0.1) is 0 Å². The van der Waals surface area contributed by atoms with E-state index in [1.165, 1.54) is 23.7 Å². The lowest BCUT2D eigenvalue weighted by molar-refractivity contribution is -0.115. The van der Waals surface area contributed by atoms with Crippen molar-refractivity contribution in [3.8, 4) is 0 Å². The van der Waals surface area contributed by atoms with Crippen LogP contribution < -0.4 is 5.32 Å². The van der Waals surface area contributed by atoms with Gasteiger partial charge in [-0.2, -0.15) is 14.6 Å². The quantitative estimate of drug-likeness (QED) is 0.733. The lowest BCUT2D eigenvalue weighted by Crippen LogP contribution is -2.24. The van der Waals surface area contributed by atoms with Gasteiger partial charge in [-0.1, -0.05) is 30.0 Å².